The number of benzene rings is 1. The molecule has 0 bridgehead atoms. The highest BCUT2D eigenvalue weighted by molar-refractivity contribution is 7.92. The molecule has 0 unspecified atom stereocenters. The minimum Gasteiger partial charge on any atom is -0.466 e. The van der Waals surface area contributed by atoms with E-state index in [0.717, 1.165) is 6.07 Å². The fourth-order valence-electron chi connectivity index (χ4n) is 1.33. The number of methoxy groups -OCH3 is 1. The molecular weight excluding hydrogens is 290 g/mol. The number of hydrogen-bond donors (Lipinski definition) is 2. The maximum atomic E-state index is 12.0. The summed E-state index contributed by atoms with van der Waals surface area (Å²) >= 11 is 0. The number of rotatable bonds is 5. The Hall–Kier alpha value is -2.69. The van der Waals surface area contributed by atoms with Crippen molar-refractivity contribution in [2.75, 3.05) is 11.8 Å². The number of nitrogens with zero attached hydrogens (tertiary/aromatic N) is 3. The molecule has 0 saturated heterocycles. The number of ether oxygens (including phenoxy) is 1. The molecule has 0 atom stereocenters. The van der Waals surface area contributed by atoms with Crippen molar-refractivity contribution in [3.63, 3.8) is 0 Å². The highest BCUT2D eigenvalue weighted by atomic mass is 32.2. The summed E-state index contributed by atoms with van der Waals surface area (Å²) in [5.41, 5.74) is -0.331. The summed E-state index contributed by atoms with van der Waals surface area (Å²) in [6, 6.07) is 4.59. The Kier molecular flexibility index (Phi) is 3.52. The maximum absolute atomic E-state index is 12.0. The van der Waals surface area contributed by atoms with Crippen molar-refractivity contribution in [1.29, 1.82) is 0 Å². The summed E-state index contributed by atoms with van der Waals surface area (Å²) < 4.78 is 30.8. The predicted molar refractivity (Wildman–Crippen MR) is 66.8 cm³/mol. The molecule has 0 amide bonds. The molecule has 2 N–H and O–H groups in total. The van der Waals surface area contributed by atoms with Gasteiger partial charge in [-0.3, -0.25) is 10.1 Å². The summed E-state index contributed by atoms with van der Waals surface area (Å²) in [6.45, 7) is 0. The molecule has 20 heavy (non-hydrogen) atoms. The van der Waals surface area contributed by atoms with Gasteiger partial charge in [-0.15, -0.1) is 5.10 Å². The average Bonchev–Trinajstić information content (AvgIpc) is 2.86. The number of nitrogens with one attached hydrogen (secondary N) is 2. The first-order valence-electron chi connectivity index (χ1n) is 5.16. The topological polar surface area (TPSA) is 140 Å². The lowest BCUT2D eigenvalue weighted by Crippen LogP contribution is -2.14. The van der Waals surface area contributed by atoms with Gasteiger partial charge in [0.15, 0.2) is 0 Å². The van der Waals surface area contributed by atoms with Crippen LogP contribution < -0.4 is 9.46 Å². The molecule has 1 heterocycles. The van der Waals surface area contributed by atoms with Crippen LogP contribution in [0.2, 0.25) is 0 Å². The minimum absolute atomic E-state index is 0.0401. The van der Waals surface area contributed by atoms with Gasteiger partial charge >= 0.3 is 6.01 Å². The first-order chi connectivity index (χ1) is 9.42. The lowest BCUT2D eigenvalue weighted by molar-refractivity contribution is -0.385. The fraction of sp³-hybridized carbons (Fsp3) is 0.111. The molecule has 1 aromatic heterocycles. The van der Waals surface area contributed by atoms with Crippen LogP contribution in [-0.4, -0.2) is 35.6 Å². The molecular formula is C9H9N5O5S. The SMILES string of the molecule is COc1n[nH]c(NS(=O)(=O)c2cccc([N+](=O)[O-])c2)n1. The summed E-state index contributed by atoms with van der Waals surface area (Å²) in [7, 11) is -2.69. The second kappa shape index (κ2) is 5.13. The quantitative estimate of drug-likeness (QED) is 0.605. The van der Waals surface area contributed by atoms with Crippen molar-refractivity contribution in [1.82, 2.24) is 15.2 Å². The van der Waals surface area contributed by atoms with E-state index in [9.17, 15) is 18.5 Å². The summed E-state index contributed by atoms with van der Waals surface area (Å²) in [5.74, 6) is -0.159. The van der Waals surface area contributed by atoms with Gasteiger partial charge in [0.1, 0.15) is 0 Å². The highest BCUT2D eigenvalue weighted by Gasteiger charge is 2.19. The van der Waals surface area contributed by atoms with E-state index in [2.05, 4.69) is 24.6 Å². The zero-order valence-electron chi connectivity index (χ0n) is 10.1. The first kappa shape index (κ1) is 13.7. The van der Waals surface area contributed by atoms with Crippen molar-refractivity contribution in [2.45, 2.75) is 4.90 Å². The lowest BCUT2D eigenvalue weighted by Gasteiger charge is -2.04. The second-order valence-corrected chi connectivity index (χ2v) is 5.21. The van der Waals surface area contributed by atoms with Crippen LogP contribution in [0.25, 0.3) is 0 Å². The molecule has 1 aromatic carbocycles. The van der Waals surface area contributed by atoms with Crippen LogP contribution in [0.5, 0.6) is 6.01 Å². The minimum atomic E-state index is -4.01. The number of aromatic amines is 1. The van der Waals surface area contributed by atoms with E-state index in [0.29, 0.717) is 0 Å². The molecule has 0 aliphatic rings. The van der Waals surface area contributed by atoms with E-state index in [1.165, 1.54) is 25.3 Å². The number of sulfonamides is 1. The largest absolute Gasteiger partial charge is 0.466 e. The van der Waals surface area contributed by atoms with Crippen LogP contribution in [-0.2, 0) is 10.0 Å². The number of nitro groups is 1. The van der Waals surface area contributed by atoms with Crippen LogP contribution in [0.4, 0.5) is 11.6 Å². The first-order valence-corrected chi connectivity index (χ1v) is 6.64. The Morgan fingerprint density at radius 3 is 2.80 bits per heavy atom. The molecule has 0 fully saturated rings. The molecule has 0 radical (unpaired) electrons. The van der Waals surface area contributed by atoms with Gasteiger partial charge < -0.3 is 4.74 Å². The molecule has 2 rings (SSSR count). The predicted octanol–water partition coefficient (Wildman–Crippen LogP) is 0.522. The average molecular weight is 299 g/mol. The maximum Gasteiger partial charge on any atom is 0.336 e. The third-order valence-electron chi connectivity index (χ3n) is 2.22. The van der Waals surface area contributed by atoms with Crippen LogP contribution in [0.3, 0.4) is 0 Å². The van der Waals surface area contributed by atoms with E-state index in [-0.39, 0.29) is 22.5 Å². The van der Waals surface area contributed by atoms with Gasteiger partial charge in [0.2, 0.25) is 5.95 Å². The Balaban J connectivity index is 2.30. The normalized spacial score (nSPS) is 11.1. The third kappa shape index (κ3) is 2.83. The number of aromatic nitrogens is 3. The Morgan fingerprint density at radius 2 is 2.20 bits per heavy atom. The summed E-state index contributed by atoms with van der Waals surface area (Å²) in [6.07, 6.45) is 0. The van der Waals surface area contributed by atoms with Gasteiger partial charge in [-0.05, 0) is 6.07 Å². The zero-order valence-corrected chi connectivity index (χ0v) is 10.9. The fourth-order valence-corrected chi connectivity index (χ4v) is 2.33. The van der Waals surface area contributed by atoms with Gasteiger partial charge in [-0.25, -0.2) is 18.2 Å². The van der Waals surface area contributed by atoms with Crippen LogP contribution >= 0.6 is 0 Å². The Labute approximate surface area is 113 Å². The molecule has 2 aromatic rings. The second-order valence-electron chi connectivity index (χ2n) is 3.53. The Bertz CT molecular complexity index is 741. The van der Waals surface area contributed by atoms with Crippen molar-refractivity contribution in [2.24, 2.45) is 0 Å². The van der Waals surface area contributed by atoms with E-state index in [1.54, 1.807) is 0 Å². The standard InChI is InChI=1S/C9H9N5O5S/c1-19-9-10-8(11-12-9)13-20(17,18)7-4-2-3-6(5-7)14(15)16/h2-5H,1H3,(H2,10,11,12,13). The summed E-state index contributed by atoms with van der Waals surface area (Å²) in [5, 5.41) is 16.5. The molecule has 0 saturated carbocycles. The monoisotopic (exact) mass is 299 g/mol. The van der Waals surface area contributed by atoms with Gasteiger partial charge in [0, 0.05) is 12.1 Å². The van der Waals surface area contributed by atoms with Gasteiger partial charge in [-0.1, -0.05) is 6.07 Å². The van der Waals surface area contributed by atoms with E-state index in [4.69, 9.17) is 0 Å². The van der Waals surface area contributed by atoms with Crippen LogP contribution in [0.15, 0.2) is 29.2 Å². The van der Waals surface area contributed by atoms with Crippen molar-refractivity contribution >= 4 is 21.7 Å². The van der Waals surface area contributed by atoms with E-state index >= 15 is 0 Å². The van der Waals surface area contributed by atoms with Crippen LogP contribution in [0.1, 0.15) is 0 Å². The van der Waals surface area contributed by atoms with Gasteiger partial charge in [0.05, 0.1) is 16.9 Å². The Morgan fingerprint density at radius 1 is 1.45 bits per heavy atom. The molecule has 11 heteroatoms. The summed E-state index contributed by atoms with van der Waals surface area (Å²) in [4.78, 5) is 13.4. The highest BCUT2D eigenvalue weighted by Crippen LogP contribution is 2.19. The van der Waals surface area contributed by atoms with Crippen LogP contribution in [0, 0.1) is 10.1 Å². The van der Waals surface area contributed by atoms with Crippen molar-refractivity contribution in [3.05, 3.63) is 34.4 Å². The number of non-ortho nitro benzene ring substituents is 1. The molecule has 0 aliphatic carbocycles. The van der Waals surface area contributed by atoms with Gasteiger partial charge in [0.25, 0.3) is 15.7 Å². The smallest absolute Gasteiger partial charge is 0.336 e. The van der Waals surface area contributed by atoms with Crippen molar-refractivity contribution in [3.8, 4) is 6.01 Å². The molecule has 0 spiro atoms. The van der Waals surface area contributed by atoms with E-state index in [1.807, 2.05) is 0 Å². The third-order valence-corrected chi connectivity index (χ3v) is 3.55. The molecule has 10 nitrogen and oxygen atoms in total. The number of nitro benzene ring substituents is 1. The van der Waals surface area contributed by atoms with E-state index < -0.39 is 14.9 Å². The van der Waals surface area contributed by atoms with Gasteiger partial charge in [-0.2, -0.15) is 4.98 Å². The molecule has 0 aliphatic heterocycles. The lowest BCUT2D eigenvalue weighted by atomic mass is 10.3. The van der Waals surface area contributed by atoms with Crippen molar-refractivity contribution < 1.29 is 18.1 Å². The zero-order chi connectivity index (χ0) is 14.8. The number of hydrogen-bond acceptors (Lipinski definition) is 7. The number of H-pyrrole nitrogens is 1. The molecule has 106 valence electrons. The number of anilines is 1.